The van der Waals surface area contributed by atoms with Crippen LogP contribution in [0.25, 0.3) is 0 Å². The fourth-order valence-corrected chi connectivity index (χ4v) is 3.37. The fraction of sp³-hybridized carbons (Fsp3) is 0.292. The molecule has 7 nitrogen and oxygen atoms in total. The van der Waals surface area contributed by atoms with Crippen LogP contribution in [0.5, 0.6) is 5.75 Å². The van der Waals surface area contributed by atoms with Crippen molar-refractivity contribution in [1.29, 1.82) is 0 Å². The molecule has 0 bridgehead atoms. The highest BCUT2D eigenvalue weighted by Gasteiger charge is 2.12. The number of hydrogen-bond acceptors (Lipinski definition) is 4. The molecule has 0 aliphatic carbocycles. The summed E-state index contributed by atoms with van der Waals surface area (Å²) < 4.78 is 7.21. The number of rotatable bonds is 7. The lowest BCUT2D eigenvalue weighted by Crippen LogP contribution is -2.36. The molecule has 0 saturated heterocycles. The number of nitrogens with zero attached hydrogens (tertiary/aromatic N) is 3. The van der Waals surface area contributed by atoms with Crippen LogP contribution in [0, 0.1) is 13.8 Å². The van der Waals surface area contributed by atoms with Crippen LogP contribution in [-0.4, -0.2) is 35.3 Å². The summed E-state index contributed by atoms with van der Waals surface area (Å²) in [6, 6.07) is 16.5. The van der Waals surface area contributed by atoms with Gasteiger partial charge in [-0.05, 0) is 69.2 Å². The van der Waals surface area contributed by atoms with Gasteiger partial charge < -0.3 is 10.1 Å². The van der Waals surface area contributed by atoms with Crippen LogP contribution < -0.4 is 15.4 Å². The van der Waals surface area contributed by atoms with Gasteiger partial charge in [0.15, 0.2) is 0 Å². The minimum Gasteiger partial charge on any atom is -0.497 e. The second kappa shape index (κ2) is 10.4. The van der Waals surface area contributed by atoms with Gasteiger partial charge in [-0.3, -0.25) is 19.8 Å². The van der Waals surface area contributed by atoms with Crippen LogP contribution in [-0.2, 0) is 13.0 Å². The Kier molecular flexibility index (Phi) is 7.43. The molecule has 0 radical (unpaired) electrons. The van der Waals surface area contributed by atoms with Crippen molar-refractivity contribution >= 4 is 17.6 Å². The summed E-state index contributed by atoms with van der Waals surface area (Å²) in [6.45, 7) is 7.54. The maximum atomic E-state index is 12.7. The summed E-state index contributed by atoms with van der Waals surface area (Å²) in [5.74, 6) is 0.944. The van der Waals surface area contributed by atoms with Gasteiger partial charge in [0, 0.05) is 30.0 Å². The van der Waals surface area contributed by atoms with Crippen molar-refractivity contribution in [3.05, 3.63) is 77.1 Å². The zero-order valence-electron chi connectivity index (χ0n) is 18.5. The number of amides is 1. The predicted molar refractivity (Wildman–Crippen MR) is 124 cm³/mol. The lowest BCUT2D eigenvalue weighted by Gasteiger charge is -2.12. The van der Waals surface area contributed by atoms with Gasteiger partial charge in [-0.2, -0.15) is 5.10 Å². The van der Waals surface area contributed by atoms with Gasteiger partial charge in [-0.1, -0.05) is 18.2 Å². The van der Waals surface area contributed by atoms with Crippen LogP contribution in [0.2, 0.25) is 0 Å². The summed E-state index contributed by atoms with van der Waals surface area (Å²) in [7, 11) is 1.63. The molecule has 0 unspecified atom stereocenters. The molecule has 2 N–H and O–H groups in total. The van der Waals surface area contributed by atoms with E-state index in [0.717, 1.165) is 35.8 Å². The van der Waals surface area contributed by atoms with Crippen molar-refractivity contribution in [1.82, 2.24) is 15.1 Å². The average molecular weight is 420 g/mol. The Labute approximate surface area is 183 Å². The smallest absolute Gasteiger partial charge is 0.257 e. The number of aryl methyl sites for hydroxylation is 2. The van der Waals surface area contributed by atoms with Crippen LogP contribution in [0.4, 0.5) is 5.69 Å². The molecule has 2 aromatic carbocycles. The standard InChI is InChI=1S/C24H29N5O2/c1-5-29-18(3)22(17(2)28-29)15-16-25-24(26-20-11-13-21(31-4)14-12-20)27-23(30)19-9-7-6-8-10-19/h6-14H,5,15-16H2,1-4H3,(H2,25,26,27,30). The van der Waals surface area contributed by atoms with Crippen LogP contribution >= 0.6 is 0 Å². The monoisotopic (exact) mass is 419 g/mol. The topological polar surface area (TPSA) is 80.5 Å². The van der Waals surface area contributed by atoms with Gasteiger partial charge in [0.1, 0.15) is 5.75 Å². The average Bonchev–Trinajstić information content (AvgIpc) is 3.07. The minimum atomic E-state index is -0.216. The fourth-order valence-electron chi connectivity index (χ4n) is 3.37. The lowest BCUT2D eigenvalue weighted by atomic mass is 10.1. The zero-order valence-corrected chi connectivity index (χ0v) is 18.5. The molecule has 162 valence electrons. The van der Waals surface area contributed by atoms with Crippen LogP contribution in [0.15, 0.2) is 59.6 Å². The molecular weight excluding hydrogens is 390 g/mol. The molecule has 0 aliphatic heterocycles. The first-order chi connectivity index (χ1) is 15.0. The molecule has 0 spiro atoms. The predicted octanol–water partition coefficient (Wildman–Crippen LogP) is 3.97. The molecule has 1 aromatic heterocycles. The second-order valence-corrected chi connectivity index (χ2v) is 7.12. The number of aliphatic imine (C=N–C) groups is 1. The maximum Gasteiger partial charge on any atom is 0.257 e. The first kappa shape index (κ1) is 22.1. The van der Waals surface area contributed by atoms with E-state index in [4.69, 9.17) is 4.74 Å². The Morgan fingerprint density at radius 1 is 1.10 bits per heavy atom. The van der Waals surface area contributed by atoms with Gasteiger partial charge >= 0.3 is 0 Å². The third kappa shape index (κ3) is 5.72. The van der Waals surface area contributed by atoms with Crippen LogP contribution in [0.3, 0.4) is 0 Å². The van der Waals surface area contributed by atoms with E-state index in [1.807, 2.05) is 54.1 Å². The number of methoxy groups -OCH3 is 1. The summed E-state index contributed by atoms with van der Waals surface area (Å²) in [5, 5.41) is 10.7. The Hall–Kier alpha value is -3.61. The number of benzene rings is 2. The Balaban J connectivity index is 1.76. The van der Waals surface area contributed by atoms with E-state index in [1.165, 1.54) is 5.56 Å². The van der Waals surface area contributed by atoms with E-state index in [2.05, 4.69) is 34.6 Å². The molecule has 31 heavy (non-hydrogen) atoms. The van der Waals surface area contributed by atoms with Gasteiger partial charge in [0.2, 0.25) is 5.96 Å². The van der Waals surface area contributed by atoms with Crippen molar-refractivity contribution in [3.63, 3.8) is 0 Å². The number of aromatic nitrogens is 2. The number of anilines is 1. The highest BCUT2D eigenvalue weighted by atomic mass is 16.5. The van der Waals surface area contributed by atoms with Crippen LogP contribution in [0.1, 0.15) is 34.2 Å². The van der Waals surface area contributed by atoms with E-state index >= 15 is 0 Å². The van der Waals surface area contributed by atoms with E-state index in [1.54, 1.807) is 19.2 Å². The highest BCUT2D eigenvalue weighted by Crippen LogP contribution is 2.16. The molecule has 1 heterocycles. The molecule has 0 fully saturated rings. The maximum absolute atomic E-state index is 12.7. The number of carbonyl (C=O) groups excluding carboxylic acids is 1. The quantitative estimate of drug-likeness (QED) is 0.449. The molecule has 0 aliphatic rings. The molecule has 0 atom stereocenters. The third-order valence-electron chi connectivity index (χ3n) is 5.08. The van der Waals surface area contributed by atoms with Crippen molar-refractivity contribution < 1.29 is 9.53 Å². The Morgan fingerprint density at radius 3 is 2.42 bits per heavy atom. The SMILES string of the molecule is CCn1nc(C)c(CCN=C(NC(=O)c2ccccc2)Nc2ccc(OC)cc2)c1C. The summed E-state index contributed by atoms with van der Waals surface area (Å²) >= 11 is 0. The molecule has 3 rings (SSSR count). The first-order valence-corrected chi connectivity index (χ1v) is 10.4. The Bertz CT molecular complexity index is 1040. The normalized spacial score (nSPS) is 11.3. The van der Waals surface area contributed by atoms with Crippen molar-refractivity contribution in [2.75, 3.05) is 19.0 Å². The van der Waals surface area contributed by atoms with Gasteiger partial charge in [0.25, 0.3) is 5.91 Å². The molecule has 0 saturated carbocycles. The largest absolute Gasteiger partial charge is 0.497 e. The van der Waals surface area contributed by atoms with Gasteiger partial charge in [0.05, 0.1) is 12.8 Å². The van der Waals surface area contributed by atoms with E-state index in [-0.39, 0.29) is 5.91 Å². The first-order valence-electron chi connectivity index (χ1n) is 10.4. The zero-order chi connectivity index (χ0) is 22.2. The molecule has 3 aromatic rings. The number of nitrogens with one attached hydrogen (secondary N) is 2. The molecule has 1 amide bonds. The lowest BCUT2D eigenvalue weighted by molar-refractivity contribution is 0.0977. The molecular formula is C24H29N5O2. The number of ether oxygens (including phenoxy) is 1. The number of hydrogen-bond donors (Lipinski definition) is 2. The summed E-state index contributed by atoms with van der Waals surface area (Å²) in [6.07, 6.45) is 0.743. The van der Waals surface area contributed by atoms with E-state index in [9.17, 15) is 4.79 Å². The van der Waals surface area contributed by atoms with Gasteiger partial charge in [-0.25, -0.2) is 0 Å². The Morgan fingerprint density at radius 2 is 1.81 bits per heavy atom. The number of carbonyl (C=O) groups is 1. The van der Waals surface area contributed by atoms with Crippen molar-refractivity contribution in [3.8, 4) is 5.75 Å². The minimum absolute atomic E-state index is 0.216. The highest BCUT2D eigenvalue weighted by molar-refractivity contribution is 6.09. The second-order valence-electron chi connectivity index (χ2n) is 7.12. The van der Waals surface area contributed by atoms with Gasteiger partial charge in [-0.15, -0.1) is 0 Å². The number of guanidine groups is 1. The van der Waals surface area contributed by atoms with E-state index < -0.39 is 0 Å². The van der Waals surface area contributed by atoms with E-state index in [0.29, 0.717) is 18.1 Å². The third-order valence-corrected chi connectivity index (χ3v) is 5.08. The van der Waals surface area contributed by atoms with Crippen molar-refractivity contribution in [2.45, 2.75) is 33.7 Å². The van der Waals surface area contributed by atoms with Crippen molar-refractivity contribution in [2.24, 2.45) is 4.99 Å². The summed E-state index contributed by atoms with van der Waals surface area (Å²) in [4.78, 5) is 17.3. The molecule has 7 heteroatoms. The summed E-state index contributed by atoms with van der Waals surface area (Å²) in [5.41, 5.74) is 4.76.